The van der Waals surface area contributed by atoms with E-state index in [4.69, 9.17) is 104 Å². The molecule has 1 rings (SSSR count). The van der Waals surface area contributed by atoms with Gasteiger partial charge in [0.05, 0.1) is 292 Å². The van der Waals surface area contributed by atoms with Crippen molar-refractivity contribution in [3.05, 3.63) is 12.8 Å². The fourth-order valence-electron chi connectivity index (χ4n) is 5.08. The molecule has 0 bridgehead atoms. The Hall–Kier alpha value is -1.05. The molecule has 452 valence electrons. The van der Waals surface area contributed by atoms with Crippen molar-refractivity contribution < 1.29 is 121 Å². The van der Waals surface area contributed by atoms with Crippen LogP contribution >= 0.6 is 0 Å². The summed E-state index contributed by atoms with van der Waals surface area (Å²) in [6, 6.07) is 0. The molecule has 1 saturated heterocycles. The van der Waals surface area contributed by atoms with Crippen molar-refractivity contribution in [1.29, 1.82) is 0 Å². The topological polar surface area (TPSA) is 206 Å². The van der Waals surface area contributed by atoms with Crippen LogP contribution in [-0.2, 0) is 104 Å². The zero-order chi connectivity index (χ0) is 53.5. The Morgan fingerprint density at radius 3 is 0.640 bits per heavy atom. The van der Waals surface area contributed by atoms with E-state index in [1.165, 1.54) is 6.26 Å². The van der Waals surface area contributed by atoms with Crippen LogP contribution in [0.1, 0.15) is 19.8 Å². The zero-order valence-electron chi connectivity index (χ0n) is 46.8. The standard InChI is InChI=1S/C45H90O21.C6H14NO.ClH/c1-2-3-4-46-5-6-47-7-8-48-9-10-49-11-12-50-13-14-51-15-16-52-17-18-53-19-20-54-21-22-55-23-24-56-25-26-57-27-28-58-29-30-59-31-32-60-33-34-61-35-36-62-37-38-63-39-40-64-41-42-65-43-45-44-66-45;1-5-8-6-7(2,3)4;/h45H,2-44H2,1H3;5H,1,6H2,2-4H3;1H/q;+1;/p-1. The first kappa shape index (κ1) is 76.0. The van der Waals surface area contributed by atoms with Gasteiger partial charge in [-0.15, -0.1) is 0 Å². The number of ether oxygens (including phenoxy) is 22. The number of halogens is 1. The van der Waals surface area contributed by atoms with Gasteiger partial charge in [0.25, 0.3) is 0 Å². The van der Waals surface area contributed by atoms with E-state index in [9.17, 15) is 0 Å². The SMILES string of the molecule is C=COC[N+](C)(C)C.CCCCOCCOCCOCCOCCOCCOCCOCCOCCOCCOCCOCCOCCOCCOCCOCCOCCOCCOCCOCCOCC1CO1.[Cl-]. The quantitative estimate of drug-likeness (QED) is 0.0244. The largest absolute Gasteiger partial charge is 1.00 e. The van der Waals surface area contributed by atoms with Crippen molar-refractivity contribution in [2.24, 2.45) is 0 Å². The van der Waals surface area contributed by atoms with Gasteiger partial charge in [0.2, 0.25) is 6.73 Å². The maximum atomic E-state index is 5.52. The number of rotatable bonds is 65. The maximum absolute atomic E-state index is 5.52. The molecule has 0 amide bonds. The van der Waals surface area contributed by atoms with E-state index >= 15 is 0 Å². The molecule has 75 heavy (non-hydrogen) atoms. The van der Waals surface area contributed by atoms with Crippen LogP contribution in [0, 0.1) is 0 Å². The van der Waals surface area contributed by atoms with Gasteiger partial charge in [0.1, 0.15) is 6.10 Å². The summed E-state index contributed by atoms with van der Waals surface area (Å²) in [5, 5.41) is 0. The minimum Gasteiger partial charge on any atom is -1.00 e. The summed E-state index contributed by atoms with van der Waals surface area (Å²) in [4.78, 5) is 0. The lowest BCUT2D eigenvalue weighted by molar-refractivity contribution is -0.888. The first-order chi connectivity index (χ1) is 36.5. The van der Waals surface area contributed by atoms with E-state index in [-0.39, 0.29) is 12.4 Å². The van der Waals surface area contributed by atoms with Gasteiger partial charge in [0, 0.05) is 6.61 Å². The summed E-state index contributed by atoms with van der Waals surface area (Å²) in [7, 11) is 6.18. The molecule has 1 aliphatic heterocycles. The first-order valence-electron chi connectivity index (χ1n) is 26.7. The molecule has 1 heterocycles. The molecular weight excluding hydrogens is 1010 g/mol. The van der Waals surface area contributed by atoms with Crippen LogP contribution in [0.4, 0.5) is 0 Å². The fraction of sp³-hybridized carbons (Fsp3) is 0.961. The van der Waals surface area contributed by atoms with Gasteiger partial charge in [-0.2, -0.15) is 0 Å². The van der Waals surface area contributed by atoms with Crippen LogP contribution < -0.4 is 12.4 Å². The predicted molar refractivity (Wildman–Crippen MR) is 275 cm³/mol. The Morgan fingerprint density at radius 2 is 0.507 bits per heavy atom. The number of epoxide rings is 1. The minimum atomic E-state index is 0. The highest BCUT2D eigenvalue weighted by molar-refractivity contribution is 4.67. The van der Waals surface area contributed by atoms with E-state index in [2.05, 4.69) is 34.6 Å². The van der Waals surface area contributed by atoms with Crippen LogP contribution in [0.5, 0.6) is 0 Å². The minimum absolute atomic E-state index is 0. The summed E-state index contributed by atoms with van der Waals surface area (Å²) in [6.07, 6.45) is 3.98. The van der Waals surface area contributed by atoms with E-state index in [0.717, 1.165) is 30.5 Å². The molecule has 0 aromatic carbocycles. The smallest absolute Gasteiger partial charge is 0.222 e. The van der Waals surface area contributed by atoms with Gasteiger partial charge in [-0.1, -0.05) is 19.9 Å². The van der Waals surface area contributed by atoms with E-state index in [1.807, 2.05) is 0 Å². The summed E-state index contributed by atoms with van der Waals surface area (Å²) < 4.78 is 121. The molecule has 0 aliphatic carbocycles. The van der Waals surface area contributed by atoms with Gasteiger partial charge < -0.3 is 117 Å². The van der Waals surface area contributed by atoms with Gasteiger partial charge in [-0.3, -0.25) is 4.48 Å². The fourth-order valence-corrected chi connectivity index (χ4v) is 5.08. The van der Waals surface area contributed by atoms with E-state index < -0.39 is 0 Å². The lowest BCUT2D eigenvalue weighted by atomic mass is 10.4. The molecule has 0 aromatic heterocycles. The lowest BCUT2D eigenvalue weighted by Gasteiger charge is -2.21. The van der Waals surface area contributed by atoms with Crippen molar-refractivity contribution in [3.8, 4) is 0 Å². The van der Waals surface area contributed by atoms with Crippen LogP contribution in [0.15, 0.2) is 12.8 Å². The molecule has 0 N–H and O–H groups in total. The number of unbranched alkanes of at least 4 members (excludes halogenated alkanes) is 1. The van der Waals surface area contributed by atoms with Crippen LogP contribution in [0.3, 0.4) is 0 Å². The van der Waals surface area contributed by atoms with Gasteiger partial charge >= 0.3 is 0 Å². The molecule has 24 heteroatoms. The van der Waals surface area contributed by atoms with E-state index in [1.54, 1.807) is 0 Å². The molecule has 1 fully saturated rings. The van der Waals surface area contributed by atoms with Crippen LogP contribution in [0.25, 0.3) is 0 Å². The van der Waals surface area contributed by atoms with Crippen molar-refractivity contribution in [1.82, 2.24) is 0 Å². The van der Waals surface area contributed by atoms with Crippen molar-refractivity contribution >= 4 is 0 Å². The highest BCUT2D eigenvalue weighted by Gasteiger charge is 2.22. The summed E-state index contributed by atoms with van der Waals surface area (Å²) in [5.41, 5.74) is 0. The summed E-state index contributed by atoms with van der Waals surface area (Å²) in [5.74, 6) is 0. The average molecular weight is 1120 g/mol. The third-order valence-corrected chi connectivity index (χ3v) is 9.00. The second kappa shape index (κ2) is 67.2. The van der Waals surface area contributed by atoms with Crippen molar-refractivity contribution in [3.63, 3.8) is 0 Å². The Balaban J connectivity index is 0. The normalized spacial score (nSPS) is 13.2. The van der Waals surface area contributed by atoms with Crippen molar-refractivity contribution in [2.45, 2.75) is 25.9 Å². The summed E-state index contributed by atoms with van der Waals surface area (Å²) >= 11 is 0. The molecule has 0 spiro atoms. The highest BCUT2D eigenvalue weighted by Crippen LogP contribution is 2.08. The van der Waals surface area contributed by atoms with E-state index in [0.29, 0.717) is 271 Å². The number of hydrogen-bond donors (Lipinski definition) is 0. The first-order valence-corrected chi connectivity index (χ1v) is 26.7. The predicted octanol–water partition coefficient (Wildman–Crippen LogP) is -0.669. The Labute approximate surface area is 457 Å². The highest BCUT2D eigenvalue weighted by atomic mass is 35.5. The van der Waals surface area contributed by atoms with Crippen LogP contribution in [0.2, 0.25) is 0 Å². The second-order valence-electron chi connectivity index (χ2n) is 16.8. The number of hydrogen-bond acceptors (Lipinski definition) is 22. The Kier molecular flexibility index (Phi) is 68.1. The molecule has 1 aliphatic rings. The number of nitrogens with zero attached hydrogens (tertiary/aromatic N) is 1. The number of quaternary nitrogens is 1. The molecule has 1 atom stereocenters. The third kappa shape index (κ3) is 75.1. The molecular formula is C51H104ClNO22. The Bertz CT molecular complexity index is 1040. The zero-order valence-corrected chi connectivity index (χ0v) is 47.5. The average Bonchev–Trinajstić information content (AvgIpc) is 4.23. The molecule has 0 aromatic rings. The lowest BCUT2D eigenvalue weighted by Crippen LogP contribution is -3.00. The van der Waals surface area contributed by atoms with Gasteiger partial charge in [-0.25, -0.2) is 0 Å². The van der Waals surface area contributed by atoms with Crippen molar-refractivity contribution in [2.75, 3.05) is 299 Å². The van der Waals surface area contributed by atoms with Gasteiger partial charge in [0.15, 0.2) is 0 Å². The molecule has 23 nitrogen and oxygen atoms in total. The summed E-state index contributed by atoms with van der Waals surface area (Å²) in [6.45, 7) is 28.2. The molecule has 0 radical (unpaired) electrons. The van der Waals surface area contributed by atoms with Crippen LogP contribution in [-0.4, -0.2) is 309 Å². The third-order valence-electron chi connectivity index (χ3n) is 9.00. The van der Waals surface area contributed by atoms with Gasteiger partial charge in [-0.05, 0) is 6.42 Å². The monoisotopic (exact) mass is 1120 g/mol. The Morgan fingerprint density at radius 1 is 0.333 bits per heavy atom. The second-order valence-corrected chi connectivity index (χ2v) is 16.8. The molecule has 1 unspecified atom stereocenters. The maximum Gasteiger partial charge on any atom is 0.222 e. The molecule has 0 saturated carbocycles.